The lowest BCUT2D eigenvalue weighted by atomic mass is 10.3. The van der Waals surface area contributed by atoms with Crippen molar-refractivity contribution in [1.82, 2.24) is 14.9 Å². The lowest BCUT2D eigenvalue weighted by Crippen LogP contribution is -2.29. The van der Waals surface area contributed by atoms with E-state index in [2.05, 4.69) is 28.7 Å². The van der Waals surface area contributed by atoms with Crippen LogP contribution in [0.5, 0.6) is 0 Å². The highest BCUT2D eigenvalue weighted by Crippen LogP contribution is 2.12. The molecule has 0 aliphatic heterocycles. The fourth-order valence-corrected chi connectivity index (χ4v) is 1.88. The minimum atomic E-state index is -0.0909. The first-order valence-electron chi connectivity index (χ1n) is 5.84. The summed E-state index contributed by atoms with van der Waals surface area (Å²) in [5.41, 5.74) is 1.15. The molecule has 1 heterocycles. The molecule has 0 unspecified atom stereocenters. The van der Waals surface area contributed by atoms with Gasteiger partial charge in [-0.2, -0.15) is 0 Å². The highest BCUT2D eigenvalue weighted by atomic mass is 16.5. The third-order valence-corrected chi connectivity index (χ3v) is 2.52. The molecule has 0 spiro atoms. The summed E-state index contributed by atoms with van der Waals surface area (Å²) in [7, 11) is 1.51. The minimum Gasteiger partial charge on any atom is -0.375 e. The van der Waals surface area contributed by atoms with Crippen LogP contribution >= 0.6 is 0 Å². The number of amides is 1. The first-order chi connectivity index (χ1) is 8.06. The zero-order valence-corrected chi connectivity index (χ0v) is 11.0. The second-order valence-electron chi connectivity index (χ2n) is 4.31. The fraction of sp³-hybridized carbons (Fsp3) is 0.667. The van der Waals surface area contributed by atoms with E-state index >= 15 is 0 Å². The monoisotopic (exact) mass is 239 g/mol. The largest absolute Gasteiger partial charge is 0.375 e. The number of nitrogens with one attached hydrogen (secondary N) is 1. The van der Waals surface area contributed by atoms with Crippen LogP contribution in [0.3, 0.4) is 0 Å². The maximum Gasteiger partial charge on any atom is 0.245 e. The quantitative estimate of drug-likeness (QED) is 0.808. The van der Waals surface area contributed by atoms with Gasteiger partial charge in [0.1, 0.15) is 12.4 Å². The summed E-state index contributed by atoms with van der Waals surface area (Å²) in [6.07, 6.45) is 2.60. The Morgan fingerprint density at radius 2 is 2.29 bits per heavy atom. The van der Waals surface area contributed by atoms with E-state index in [1.54, 1.807) is 0 Å². The average Bonchev–Trinajstić information content (AvgIpc) is 2.60. The van der Waals surface area contributed by atoms with Crippen molar-refractivity contribution < 1.29 is 9.53 Å². The van der Waals surface area contributed by atoms with Crippen molar-refractivity contribution >= 4 is 5.91 Å². The summed E-state index contributed by atoms with van der Waals surface area (Å²) in [4.78, 5) is 15.6. The molecule has 0 atom stereocenters. The summed E-state index contributed by atoms with van der Waals surface area (Å²) in [5.74, 6) is 0.919. The molecule has 0 radical (unpaired) electrons. The van der Waals surface area contributed by atoms with Crippen LogP contribution in [0.15, 0.2) is 6.20 Å². The van der Waals surface area contributed by atoms with E-state index in [-0.39, 0.29) is 12.5 Å². The molecular formula is C12H21N3O2. The molecule has 0 aromatic carbocycles. The van der Waals surface area contributed by atoms with Crippen LogP contribution in [0.1, 0.15) is 31.4 Å². The van der Waals surface area contributed by atoms with Crippen LogP contribution in [-0.2, 0) is 16.0 Å². The normalized spacial score (nSPS) is 10.9. The van der Waals surface area contributed by atoms with E-state index in [1.165, 1.54) is 7.11 Å². The maximum absolute atomic E-state index is 11.2. The highest BCUT2D eigenvalue weighted by Gasteiger charge is 2.09. The summed E-state index contributed by atoms with van der Waals surface area (Å²) in [6.45, 7) is 6.99. The van der Waals surface area contributed by atoms with Crippen molar-refractivity contribution in [3.63, 3.8) is 0 Å². The molecule has 0 bridgehead atoms. The molecule has 5 heteroatoms. The molecule has 1 aromatic rings. The van der Waals surface area contributed by atoms with E-state index in [4.69, 9.17) is 4.74 Å². The van der Waals surface area contributed by atoms with Gasteiger partial charge in [-0.15, -0.1) is 0 Å². The van der Waals surface area contributed by atoms with Crippen molar-refractivity contribution in [3.8, 4) is 0 Å². The lowest BCUT2D eigenvalue weighted by molar-refractivity contribution is -0.124. The van der Waals surface area contributed by atoms with E-state index < -0.39 is 0 Å². The molecule has 0 aliphatic carbocycles. The first kappa shape index (κ1) is 13.7. The van der Waals surface area contributed by atoms with Gasteiger partial charge in [-0.3, -0.25) is 4.79 Å². The molecule has 1 rings (SSSR count). The van der Waals surface area contributed by atoms with Gasteiger partial charge in [-0.25, -0.2) is 4.98 Å². The van der Waals surface area contributed by atoms with E-state index in [9.17, 15) is 4.79 Å². The van der Waals surface area contributed by atoms with Crippen LogP contribution < -0.4 is 5.32 Å². The van der Waals surface area contributed by atoms with E-state index in [0.29, 0.717) is 12.6 Å². The Balaban J connectivity index is 2.49. The van der Waals surface area contributed by atoms with Gasteiger partial charge in [-0.1, -0.05) is 0 Å². The fourth-order valence-electron chi connectivity index (χ4n) is 1.88. The van der Waals surface area contributed by atoms with Crippen molar-refractivity contribution in [2.45, 2.75) is 33.2 Å². The number of methoxy groups -OCH3 is 1. The SMILES string of the molecule is COCC(=O)NCCc1ncc(C)n1C(C)C. The van der Waals surface area contributed by atoms with E-state index in [0.717, 1.165) is 17.9 Å². The Hall–Kier alpha value is -1.36. The standard InChI is InChI=1S/C12H21N3O2/c1-9(2)15-10(3)7-14-11(15)5-6-13-12(16)8-17-4/h7,9H,5-6,8H2,1-4H3,(H,13,16). The van der Waals surface area contributed by atoms with Crippen LogP contribution in [0.25, 0.3) is 0 Å². The number of imidazole rings is 1. The predicted octanol–water partition coefficient (Wildman–Crippen LogP) is 1.08. The number of nitrogens with zero attached hydrogens (tertiary/aromatic N) is 2. The van der Waals surface area contributed by atoms with Gasteiger partial charge < -0.3 is 14.6 Å². The van der Waals surface area contributed by atoms with Gasteiger partial charge in [0.2, 0.25) is 5.91 Å². The average molecular weight is 239 g/mol. The van der Waals surface area contributed by atoms with Gasteiger partial charge in [0, 0.05) is 38.0 Å². The van der Waals surface area contributed by atoms with Crippen molar-refractivity contribution in [2.75, 3.05) is 20.3 Å². The van der Waals surface area contributed by atoms with Crippen molar-refractivity contribution in [1.29, 1.82) is 0 Å². The van der Waals surface area contributed by atoms with Crippen molar-refractivity contribution in [3.05, 3.63) is 17.7 Å². The van der Waals surface area contributed by atoms with Crippen LogP contribution in [-0.4, -0.2) is 35.7 Å². The van der Waals surface area contributed by atoms with Crippen LogP contribution in [0.2, 0.25) is 0 Å². The van der Waals surface area contributed by atoms with Crippen LogP contribution in [0.4, 0.5) is 0 Å². The summed E-state index contributed by atoms with van der Waals surface area (Å²) in [5, 5.41) is 2.79. The number of carbonyl (C=O) groups excluding carboxylic acids is 1. The topological polar surface area (TPSA) is 56.1 Å². The molecule has 0 saturated heterocycles. The third kappa shape index (κ3) is 3.85. The predicted molar refractivity (Wildman–Crippen MR) is 65.9 cm³/mol. The second-order valence-corrected chi connectivity index (χ2v) is 4.31. The minimum absolute atomic E-state index is 0.0909. The van der Waals surface area contributed by atoms with Gasteiger partial charge in [0.05, 0.1) is 0 Å². The Labute approximate surface area is 102 Å². The molecule has 0 aliphatic rings. The van der Waals surface area contributed by atoms with Gasteiger partial charge in [0.25, 0.3) is 0 Å². The third-order valence-electron chi connectivity index (χ3n) is 2.52. The second kappa shape index (κ2) is 6.39. The Morgan fingerprint density at radius 3 is 2.88 bits per heavy atom. The number of aryl methyl sites for hydroxylation is 1. The molecular weight excluding hydrogens is 218 g/mol. The molecule has 1 N–H and O–H groups in total. The molecule has 5 nitrogen and oxygen atoms in total. The van der Waals surface area contributed by atoms with Gasteiger partial charge in [-0.05, 0) is 20.8 Å². The van der Waals surface area contributed by atoms with Crippen molar-refractivity contribution in [2.24, 2.45) is 0 Å². The smallest absolute Gasteiger partial charge is 0.245 e. The molecule has 1 aromatic heterocycles. The maximum atomic E-state index is 11.2. The molecule has 1 amide bonds. The zero-order chi connectivity index (χ0) is 12.8. The number of hydrogen-bond acceptors (Lipinski definition) is 3. The number of carbonyl (C=O) groups is 1. The van der Waals surface area contributed by atoms with E-state index in [1.807, 2.05) is 13.1 Å². The molecule has 96 valence electrons. The van der Waals surface area contributed by atoms with Crippen LogP contribution in [0, 0.1) is 6.92 Å². The summed E-state index contributed by atoms with van der Waals surface area (Å²) >= 11 is 0. The number of hydrogen-bond donors (Lipinski definition) is 1. The van der Waals surface area contributed by atoms with Gasteiger partial charge >= 0.3 is 0 Å². The van der Waals surface area contributed by atoms with Gasteiger partial charge in [0.15, 0.2) is 0 Å². The lowest BCUT2D eigenvalue weighted by Gasteiger charge is -2.14. The summed E-state index contributed by atoms with van der Waals surface area (Å²) in [6, 6.07) is 0.391. The molecule has 0 fully saturated rings. The zero-order valence-electron chi connectivity index (χ0n) is 11.0. The molecule has 17 heavy (non-hydrogen) atoms. The Morgan fingerprint density at radius 1 is 1.59 bits per heavy atom. The number of aromatic nitrogens is 2. The highest BCUT2D eigenvalue weighted by molar-refractivity contribution is 5.77. The number of rotatable bonds is 6. The Bertz CT molecular complexity index is 372. The first-order valence-corrected chi connectivity index (χ1v) is 5.84. The summed E-state index contributed by atoms with van der Waals surface area (Å²) < 4.78 is 6.92. The number of ether oxygens (including phenoxy) is 1. The Kier molecular flexibility index (Phi) is 5.15. The molecule has 0 saturated carbocycles.